The second-order valence-electron chi connectivity index (χ2n) is 8.89. The van der Waals surface area contributed by atoms with Gasteiger partial charge in [0.1, 0.15) is 11.4 Å². The molecule has 0 saturated carbocycles. The Morgan fingerprint density at radius 3 is 2.37 bits per heavy atom. The van der Waals surface area contributed by atoms with Crippen LogP contribution in [0.25, 0.3) is 0 Å². The monoisotopic (exact) mass is 410 g/mol. The Kier molecular flexibility index (Phi) is 6.39. The fraction of sp³-hybridized carbons (Fsp3) is 0.478. The fourth-order valence-electron chi connectivity index (χ4n) is 3.63. The number of rotatable bonds is 4. The second kappa shape index (κ2) is 8.81. The average Bonchev–Trinajstić information content (AvgIpc) is 2.71. The molecule has 7 heteroatoms. The fourth-order valence-corrected chi connectivity index (χ4v) is 3.63. The van der Waals surface area contributed by atoms with E-state index in [1.54, 1.807) is 11.8 Å². The minimum absolute atomic E-state index is 0.0103. The summed E-state index contributed by atoms with van der Waals surface area (Å²) in [6, 6.07) is 9.77. The zero-order valence-corrected chi connectivity index (χ0v) is 18.1. The molecule has 1 fully saturated rings. The van der Waals surface area contributed by atoms with Gasteiger partial charge in [0.05, 0.1) is 5.69 Å². The van der Waals surface area contributed by atoms with Crippen LogP contribution in [0.15, 0.2) is 35.1 Å². The molecule has 1 saturated heterocycles. The Bertz CT molecular complexity index is 968. The summed E-state index contributed by atoms with van der Waals surface area (Å²) in [5, 5.41) is 2.98. The van der Waals surface area contributed by atoms with Gasteiger partial charge in [-0.3, -0.25) is 14.4 Å². The van der Waals surface area contributed by atoms with Crippen molar-refractivity contribution in [3.63, 3.8) is 0 Å². The molecule has 0 bridgehead atoms. The number of carbonyl (C=O) groups excluding carboxylic acids is 2. The van der Waals surface area contributed by atoms with Crippen LogP contribution in [0.2, 0.25) is 0 Å². The molecule has 0 radical (unpaired) electrons. The number of benzene rings is 1. The number of nitrogens with one attached hydrogen (secondary N) is 2. The summed E-state index contributed by atoms with van der Waals surface area (Å²) in [7, 11) is 0. The summed E-state index contributed by atoms with van der Waals surface area (Å²) in [6.07, 6.45) is 1.16. The summed E-state index contributed by atoms with van der Waals surface area (Å²) < 4.78 is 0. The number of nitrogens with zero attached hydrogens (tertiary/aromatic N) is 2. The van der Waals surface area contributed by atoms with Crippen LogP contribution in [0.3, 0.4) is 0 Å². The molecule has 160 valence electrons. The van der Waals surface area contributed by atoms with E-state index in [0.29, 0.717) is 44.0 Å². The van der Waals surface area contributed by atoms with Crippen molar-refractivity contribution in [3.8, 4) is 0 Å². The lowest BCUT2D eigenvalue weighted by molar-refractivity contribution is -0.126. The van der Waals surface area contributed by atoms with Crippen molar-refractivity contribution in [1.29, 1.82) is 0 Å². The standard InChI is InChI=1S/C23H30N4O3/c1-15-18(20(29)26-22(25-15)23(2,3)4)21(30)27-12-10-17(11-13-27)19(28)24-14-16-8-6-5-7-9-16/h5-9,17H,10-14H2,1-4H3,(H,24,28)(H,25,26,29). The third-order valence-electron chi connectivity index (χ3n) is 5.49. The molecule has 30 heavy (non-hydrogen) atoms. The van der Waals surface area contributed by atoms with E-state index in [-0.39, 0.29) is 28.7 Å². The van der Waals surface area contributed by atoms with E-state index in [0.717, 1.165) is 5.56 Å². The Labute approximate surface area is 176 Å². The van der Waals surface area contributed by atoms with Gasteiger partial charge in [-0.2, -0.15) is 0 Å². The van der Waals surface area contributed by atoms with Crippen LogP contribution in [0.5, 0.6) is 0 Å². The number of carbonyl (C=O) groups is 2. The summed E-state index contributed by atoms with van der Waals surface area (Å²) in [4.78, 5) is 46.9. The van der Waals surface area contributed by atoms with Gasteiger partial charge in [-0.25, -0.2) is 4.98 Å². The minimum atomic E-state index is -0.403. The topological polar surface area (TPSA) is 95.2 Å². The average molecular weight is 411 g/mol. The van der Waals surface area contributed by atoms with E-state index >= 15 is 0 Å². The lowest BCUT2D eigenvalue weighted by atomic mass is 9.94. The minimum Gasteiger partial charge on any atom is -0.352 e. The van der Waals surface area contributed by atoms with E-state index in [1.165, 1.54) is 0 Å². The molecule has 1 aromatic carbocycles. The van der Waals surface area contributed by atoms with Crippen molar-refractivity contribution in [2.75, 3.05) is 13.1 Å². The predicted molar refractivity (Wildman–Crippen MR) is 115 cm³/mol. The van der Waals surface area contributed by atoms with Crippen LogP contribution in [0.4, 0.5) is 0 Å². The van der Waals surface area contributed by atoms with Crippen molar-refractivity contribution in [1.82, 2.24) is 20.2 Å². The highest BCUT2D eigenvalue weighted by molar-refractivity contribution is 5.95. The van der Waals surface area contributed by atoms with Crippen LogP contribution in [-0.2, 0) is 16.8 Å². The second-order valence-corrected chi connectivity index (χ2v) is 8.89. The first-order chi connectivity index (χ1) is 14.2. The number of amides is 2. The third-order valence-corrected chi connectivity index (χ3v) is 5.49. The van der Waals surface area contributed by atoms with E-state index in [1.807, 2.05) is 51.1 Å². The van der Waals surface area contributed by atoms with Gasteiger partial charge >= 0.3 is 0 Å². The number of aromatic amines is 1. The zero-order valence-electron chi connectivity index (χ0n) is 18.1. The SMILES string of the molecule is Cc1nc(C(C)(C)C)[nH]c(=O)c1C(=O)N1CCC(C(=O)NCc2ccccc2)CC1. The Hall–Kier alpha value is -2.96. The Morgan fingerprint density at radius 1 is 1.17 bits per heavy atom. The Balaban J connectivity index is 1.60. The molecule has 1 aliphatic rings. The van der Waals surface area contributed by atoms with Gasteiger partial charge in [0.2, 0.25) is 5.91 Å². The molecule has 7 nitrogen and oxygen atoms in total. The van der Waals surface area contributed by atoms with Crippen LogP contribution < -0.4 is 10.9 Å². The highest BCUT2D eigenvalue weighted by Gasteiger charge is 2.30. The zero-order chi connectivity index (χ0) is 21.9. The molecule has 2 aromatic rings. The number of hydrogen-bond acceptors (Lipinski definition) is 4. The van der Waals surface area contributed by atoms with Crippen LogP contribution in [0.1, 0.15) is 61.1 Å². The first-order valence-electron chi connectivity index (χ1n) is 10.4. The number of aromatic nitrogens is 2. The number of piperidine rings is 1. The largest absolute Gasteiger partial charge is 0.352 e. The normalized spacial score (nSPS) is 15.1. The molecule has 2 amide bonds. The lowest BCUT2D eigenvalue weighted by Crippen LogP contribution is -2.44. The maximum Gasteiger partial charge on any atom is 0.264 e. The van der Waals surface area contributed by atoms with Crippen molar-refractivity contribution < 1.29 is 9.59 Å². The first-order valence-corrected chi connectivity index (χ1v) is 10.4. The van der Waals surface area contributed by atoms with E-state index in [2.05, 4.69) is 15.3 Å². The van der Waals surface area contributed by atoms with Crippen molar-refractivity contribution in [2.45, 2.75) is 52.5 Å². The molecule has 0 atom stereocenters. The third kappa shape index (κ3) is 4.96. The lowest BCUT2D eigenvalue weighted by Gasteiger charge is -2.31. The van der Waals surface area contributed by atoms with Gasteiger partial charge in [-0.15, -0.1) is 0 Å². The molecule has 1 aromatic heterocycles. The molecule has 0 aliphatic carbocycles. The molecule has 0 spiro atoms. The van der Waals surface area contributed by atoms with Gasteiger partial charge in [-0.1, -0.05) is 51.1 Å². The molecule has 0 unspecified atom stereocenters. The maximum atomic E-state index is 13.0. The number of hydrogen-bond donors (Lipinski definition) is 2. The van der Waals surface area contributed by atoms with Crippen LogP contribution in [0, 0.1) is 12.8 Å². The van der Waals surface area contributed by atoms with Crippen LogP contribution >= 0.6 is 0 Å². The van der Waals surface area contributed by atoms with Gasteiger partial charge < -0.3 is 15.2 Å². The molecule has 2 heterocycles. The molecule has 2 N–H and O–H groups in total. The van der Waals surface area contributed by atoms with Crippen molar-refractivity contribution in [3.05, 3.63) is 63.3 Å². The van der Waals surface area contributed by atoms with E-state index in [9.17, 15) is 14.4 Å². The maximum absolute atomic E-state index is 13.0. The van der Waals surface area contributed by atoms with Crippen LogP contribution in [-0.4, -0.2) is 39.8 Å². The van der Waals surface area contributed by atoms with Crippen molar-refractivity contribution in [2.24, 2.45) is 5.92 Å². The van der Waals surface area contributed by atoms with Gasteiger partial charge in [-0.05, 0) is 25.3 Å². The number of aryl methyl sites for hydroxylation is 1. The quantitative estimate of drug-likeness (QED) is 0.810. The van der Waals surface area contributed by atoms with Gasteiger partial charge in [0.25, 0.3) is 11.5 Å². The molecule has 3 rings (SSSR count). The number of likely N-dealkylation sites (tertiary alicyclic amines) is 1. The Morgan fingerprint density at radius 2 is 1.80 bits per heavy atom. The molecular formula is C23H30N4O3. The smallest absolute Gasteiger partial charge is 0.264 e. The summed E-state index contributed by atoms with van der Waals surface area (Å²) in [6.45, 7) is 8.96. The van der Waals surface area contributed by atoms with Gasteiger partial charge in [0.15, 0.2) is 0 Å². The van der Waals surface area contributed by atoms with Gasteiger partial charge in [0, 0.05) is 31.0 Å². The summed E-state index contributed by atoms with van der Waals surface area (Å²) in [5.41, 5.74) is 0.877. The summed E-state index contributed by atoms with van der Waals surface area (Å²) in [5.74, 6) is 0.134. The molecular weight excluding hydrogens is 380 g/mol. The first kappa shape index (κ1) is 21.7. The van der Waals surface area contributed by atoms with E-state index < -0.39 is 5.56 Å². The highest BCUT2D eigenvalue weighted by Crippen LogP contribution is 2.21. The molecule has 1 aliphatic heterocycles. The highest BCUT2D eigenvalue weighted by atomic mass is 16.2. The summed E-state index contributed by atoms with van der Waals surface area (Å²) >= 11 is 0. The van der Waals surface area contributed by atoms with E-state index in [4.69, 9.17) is 0 Å². The predicted octanol–water partition coefficient (Wildman–Crippen LogP) is 2.54. The van der Waals surface area contributed by atoms with Crippen molar-refractivity contribution >= 4 is 11.8 Å². The number of H-pyrrole nitrogens is 1.